The number of nitrogens with zero attached hydrogens (tertiary/aromatic N) is 3. The van der Waals surface area contributed by atoms with Gasteiger partial charge >= 0.3 is 0 Å². The van der Waals surface area contributed by atoms with Crippen molar-refractivity contribution in [2.45, 2.75) is 95.2 Å². The minimum Gasteiger partial charge on any atom is -0.294 e. The molecule has 0 radical (unpaired) electrons. The van der Waals surface area contributed by atoms with E-state index in [1.807, 2.05) is 18.2 Å². The lowest BCUT2D eigenvalue weighted by atomic mass is 9.75. The van der Waals surface area contributed by atoms with Crippen LogP contribution >= 0.6 is 0 Å². The van der Waals surface area contributed by atoms with Crippen molar-refractivity contribution < 1.29 is 0 Å². The number of rotatable bonds is 4. The van der Waals surface area contributed by atoms with Crippen LogP contribution in [-0.2, 0) is 0 Å². The van der Waals surface area contributed by atoms with Crippen LogP contribution < -0.4 is 0 Å². The van der Waals surface area contributed by atoms with Crippen molar-refractivity contribution in [2.75, 3.05) is 0 Å². The van der Waals surface area contributed by atoms with Crippen molar-refractivity contribution in [3.8, 4) is 12.1 Å². The summed E-state index contributed by atoms with van der Waals surface area (Å²) in [4.78, 5) is 2.90. The maximum Gasteiger partial charge on any atom is 0.125 e. The van der Waals surface area contributed by atoms with Crippen LogP contribution in [0, 0.1) is 28.6 Å². The van der Waals surface area contributed by atoms with Gasteiger partial charge in [0, 0.05) is 18.1 Å². The Kier molecular flexibility index (Phi) is 5.74. The SMILES string of the molecule is N#CC(C#N)=CC1CC(N(C2CCCCC2)C2CCCCC2)C1. The third-order valence-corrected chi connectivity index (χ3v) is 6.21. The molecule has 0 aromatic heterocycles. The predicted molar refractivity (Wildman–Crippen MR) is 91.4 cm³/mol. The zero-order chi connectivity index (χ0) is 16.1. The minimum absolute atomic E-state index is 0.301. The van der Waals surface area contributed by atoms with Crippen molar-refractivity contribution in [2.24, 2.45) is 5.92 Å². The second kappa shape index (κ2) is 7.98. The Morgan fingerprint density at radius 3 is 1.65 bits per heavy atom. The van der Waals surface area contributed by atoms with Gasteiger partial charge in [0.1, 0.15) is 17.7 Å². The van der Waals surface area contributed by atoms with E-state index in [-0.39, 0.29) is 0 Å². The van der Waals surface area contributed by atoms with Crippen LogP contribution in [0.25, 0.3) is 0 Å². The molecule has 0 aromatic rings. The van der Waals surface area contributed by atoms with E-state index in [2.05, 4.69) is 4.90 Å². The van der Waals surface area contributed by atoms with Crippen molar-refractivity contribution >= 4 is 0 Å². The largest absolute Gasteiger partial charge is 0.294 e. The first-order chi connectivity index (χ1) is 11.3. The van der Waals surface area contributed by atoms with Crippen LogP contribution in [-0.4, -0.2) is 23.0 Å². The fourth-order valence-corrected chi connectivity index (χ4v) is 5.00. The summed E-state index contributed by atoms with van der Waals surface area (Å²) in [5.41, 5.74) is 0.301. The summed E-state index contributed by atoms with van der Waals surface area (Å²) in [5, 5.41) is 17.9. The highest BCUT2D eigenvalue weighted by molar-refractivity contribution is 5.36. The molecule has 3 aliphatic carbocycles. The standard InChI is InChI=1S/C20H29N3/c21-14-17(15-22)11-16-12-20(13-16)23(18-7-3-1-4-8-18)19-9-5-2-6-10-19/h11,16,18-20H,1-10,12-13H2. The Morgan fingerprint density at radius 2 is 1.22 bits per heavy atom. The highest BCUT2D eigenvalue weighted by Gasteiger charge is 2.40. The summed E-state index contributed by atoms with van der Waals surface area (Å²) in [6.45, 7) is 0. The van der Waals surface area contributed by atoms with E-state index in [1.54, 1.807) is 0 Å². The molecule has 0 amide bonds. The van der Waals surface area contributed by atoms with E-state index < -0.39 is 0 Å². The average Bonchev–Trinajstić information content (AvgIpc) is 2.58. The third kappa shape index (κ3) is 3.96. The zero-order valence-corrected chi connectivity index (χ0v) is 14.2. The van der Waals surface area contributed by atoms with Gasteiger partial charge in [-0.05, 0) is 44.4 Å². The molecule has 0 heterocycles. The van der Waals surface area contributed by atoms with Gasteiger partial charge in [-0.2, -0.15) is 10.5 Å². The first-order valence-electron chi connectivity index (χ1n) is 9.61. The molecule has 0 aliphatic heterocycles. The fourth-order valence-electron chi connectivity index (χ4n) is 5.00. The van der Waals surface area contributed by atoms with Crippen molar-refractivity contribution in [3.63, 3.8) is 0 Å². The molecule has 3 fully saturated rings. The Balaban J connectivity index is 1.64. The average molecular weight is 311 g/mol. The first-order valence-corrected chi connectivity index (χ1v) is 9.61. The van der Waals surface area contributed by atoms with Crippen LogP contribution in [0.1, 0.15) is 77.0 Å². The zero-order valence-electron chi connectivity index (χ0n) is 14.2. The molecule has 23 heavy (non-hydrogen) atoms. The maximum atomic E-state index is 8.93. The minimum atomic E-state index is 0.301. The summed E-state index contributed by atoms with van der Waals surface area (Å²) in [7, 11) is 0. The Hall–Kier alpha value is -1.32. The highest BCUT2D eigenvalue weighted by atomic mass is 15.2. The quantitative estimate of drug-likeness (QED) is 0.707. The molecule has 3 saturated carbocycles. The lowest BCUT2D eigenvalue weighted by molar-refractivity contribution is -0.00904. The van der Waals surface area contributed by atoms with Crippen LogP contribution in [0.5, 0.6) is 0 Å². The number of hydrogen-bond donors (Lipinski definition) is 0. The van der Waals surface area contributed by atoms with Gasteiger partial charge in [0.05, 0.1) is 0 Å². The lowest BCUT2D eigenvalue weighted by Crippen LogP contribution is -2.55. The summed E-state index contributed by atoms with van der Waals surface area (Å²) >= 11 is 0. The predicted octanol–water partition coefficient (Wildman–Crippen LogP) is 4.71. The molecule has 0 bridgehead atoms. The van der Waals surface area contributed by atoms with Crippen LogP contribution in [0.3, 0.4) is 0 Å². The van der Waals surface area contributed by atoms with E-state index in [0.717, 1.165) is 24.9 Å². The lowest BCUT2D eigenvalue weighted by Gasteiger charge is -2.51. The molecule has 0 N–H and O–H groups in total. The monoisotopic (exact) mass is 311 g/mol. The second-order valence-corrected chi connectivity index (χ2v) is 7.72. The van der Waals surface area contributed by atoms with Crippen molar-refractivity contribution in [1.82, 2.24) is 4.90 Å². The van der Waals surface area contributed by atoms with E-state index in [0.29, 0.717) is 17.5 Å². The van der Waals surface area contributed by atoms with Crippen molar-refractivity contribution in [3.05, 3.63) is 11.6 Å². The van der Waals surface area contributed by atoms with Gasteiger partial charge in [-0.3, -0.25) is 4.90 Å². The molecular formula is C20H29N3. The molecule has 0 atom stereocenters. The fraction of sp³-hybridized carbons (Fsp3) is 0.800. The smallest absolute Gasteiger partial charge is 0.125 e. The summed E-state index contributed by atoms with van der Waals surface area (Å²) in [5.74, 6) is 0.448. The summed E-state index contributed by atoms with van der Waals surface area (Å²) in [6.07, 6.45) is 18.2. The topological polar surface area (TPSA) is 50.8 Å². The molecule has 0 spiro atoms. The molecular weight excluding hydrogens is 282 g/mol. The number of hydrogen-bond acceptors (Lipinski definition) is 3. The number of nitriles is 2. The van der Waals surface area contributed by atoms with Gasteiger partial charge in [0.2, 0.25) is 0 Å². The van der Waals surface area contributed by atoms with E-state index in [1.165, 1.54) is 64.2 Å². The molecule has 0 aromatic carbocycles. The normalized spacial score (nSPS) is 29.3. The van der Waals surface area contributed by atoms with Crippen molar-refractivity contribution in [1.29, 1.82) is 10.5 Å². The Labute approximate surface area is 141 Å². The van der Waals surface area contributed by atoms with Gasteiger partial charge in [-0.1, -0.05) is 44.6 Å². The molecule has 3 rings (SSSR count). The molecule has 0 saturated heterocycles. The molecule has 124 valence electrons. The van der Waals surface area contributed by atoms with Gasteiger partial charge in [0.15, 0.2) is 0 Å². The summed E-state index contributed by atoms with van der Waals surface area (Å²) in [6, 6.07) is 6.31. The second-order valence-electron chi connectivity index (χ2n) is 7.72. The van der Waals surface area contributed by atoms with E-state index in [9.17, 15) is 0 Å². The van der Waals surface area contributed by atoms with Crippen LogP contribution in [0.15, 0.2) is 11.6 Å². The van der Waals surface area contributed by atoms with Gasteiger partial charge in [0.25, 0.3) is 0 Å². The van der Waals surface area contributed by atoms with Gasteiger partial charge in [-0.25, -0.2) is 0 Å². The highest BCUT2D eigenvalue weighted by Crippen LogP contribution is 2.40. The third-order valence-electron chi connectivity index (χ3n) is 6.21. The van der Waals surface area contributed by atoms with Crippen LogP contribution in [0.2, 0.25) is 0 Å². The molecule has 0 unspecified atom stereocenters. The van der Waals surface area contributed by atoms with E-state index in [4.69, 9.17) is 10.5 Å². The first kappa shape index (κ1) is 16.5. The van der Waals surface area contributed by atoms with Crippen LogP contribution in [0.4, 0.5) is 0 Å². The summed E-state index contributed by atoms with van der Waals surface area (Å²) < 4.78 is 0. The van der Waals surface area contributed by atoms with Gasteiger partial charge in [-0.15, -0.1) is 0 Å². The van der Waals surface area contributed by atoms with Gasteiger partial charge < -0.3 is 0 Å². The molecule has 3 nitrogen and oxygen atoms in total. The maximum absolute atomic E-state index is 8.93. The molecule has 3 aliphatic rings. The molecule has 3 heteroatoms. The Morgan fingerprint density at radius 1 is 0.739 bits per heavy atom. The Bertz CT molecular complexity index is 458. The number of allylic oxidation sites excluding steroid dienone is 2. The van der Waals surface area contributed by atoms with E-state index >= 15 is 0 Å².